The number of nitrogens with one attached hydrogen (secondary N) is 1. The predicted molar refractivity (Wildman–Crippen MR) is 118 cm³/mol. The zero-order chi connectivity index (χ0) is 18.7. The van der Waals surface area contributed by atoms with E-state index < -0.39 is 10.0 Å². The van der Waals surface area contributed by atoms with Crippen molar-refractivity contribution >= 4 is 40.0 Å². The van der Waals surface area contributed by atoms with Gasteiger partial charge in [-0.1, -0.05) is 26.0 Å². The molecule has 1 aliphatic heterocycles. The van der Waals surface area contributed by atoms with Crippen LogP contribution >= 0.6 is 24.0 Å². The summed E-state index contributed by atoms with van der Waals surface area (Å²) in [4.78, 5) is 7.33. The normalized spacial score (nSPS) is 17.3. The standard InChI is InChI=1S/C18H30N4O2S.HI/c1-6-19-17(22-12-11-18(2,3)14-22)20-13-15-7-9-16(10-8-15)25(23,24)21(4)5;/h7-10H,6,11-14H2,1-5H3,(H,19,20);1H. The second-order valence-corrected chi connectivity index (χ2v) is 9.59. The lowest BCUT2D eigenvalue weighted by Crippen LogP contribution is -2.40. The van der Waals surface area contributed by atoms with E-state index in [0.29, 0.717) is 16.9 Å². The van der Waals surface area contributed by atoms with Crippen LogP contribution in [0.15, 0.2) is 34.2 Å². The minimum atomic E-state index is -3.38. The molecule has 8 heteroatoms. The Morgan fingerprint density at radius 1 is 1.27 bits per heavy atom. The summed E-state index contributed by atoms with van der Waals surface area (Å²) >= 11 is 0. The molecular weight excluding hydrogens is 463 g/mol. The molecule has 1 fully saturated rings. The van der Waals surface area contributed by atoms with Gasteiger partial charge in [0, 0.05) is 33.7 Å². The van der Waals surface area contributed by atoms with Crippen molar-refractivity contribution in [1.82, 2.24) is 14.5 Å². The molecule has 0 spiro atoms. The Bertz CT molecular complexity index is 715. The zero-order valence-electron chi connectivity index (χ0n) is 16.3. The van der Waals surface area contributed by atoms with Crippen LogP contribution in [0.1, 0.15) is 32.8 Å². The summed E-state index contributed by atoms with van der Waals surface area (Å²) < 4.78 is 25.4. The van der Waals surface area contributed by atoms with Gasteiger partial charge in [0.2, 0.25) is 10.0 Å². The third-order valence-corrected chi connectivity index (χ3v) is 6.25. The van der Waals surface area contributed by atoms with Crippen molar-refractivity contribution in [3.8, 4) is 0 Å². The van der Waals surface area contributed by atoms with E-state index in [1.807, 2.05) is 12.1 Å². The number of hydrogen-bond donors (Lipinski definition) is 1. The molecule has 1 aromatic carbocycles. The Labute approximate surface area is 175 Å². The number of nitrogens with zero attached hydrogens (tertiary/aromatic N) is 3. The number of hydrogen-bond acceptors (Lipinski definition) is 3. The molecule has 0 aromatic heterocycles. The lowest BCUT2D eigenvalue weighted by Gasteiger charge is -2.23. The van der Waals surface area contributed by atoms with Crippen molar-refractivity contribution in [3.05, 3.63) is 29.8 Å². The van der Waals surface area contributed by atoms with Gasteiger partial charge in [0.05, 0.1) is 11.4 Å². The first kappa shape index (κ1) is 23.2. The number of benzene rings is 1. The van der Waals surface area contributed by atoms with Crippen LogP contribution in [0.3, 0.4) is 0 Å². The highest BCUT2D eigenvalue weighted by Gasteiger charge is 2.30. The Morgan fingerprint density at radius 2 is 1.88 bits per heavy atom. The highest BCUT2D eigenvalue weighted by molar-refractivity contribution is 14.0. The summed E-state index contributed by atoms with van der Waals surface area (Å²) in [5.74, 6) is 0.929. The molecule has 0 atom stereocenters. The van der Waals surface area contributed by atoms with Gasteiger partial charge < -0.3 is 10.2 Å². The van der Waals surface area contributed by atoms with Crippen molar-refractivity contribution in [2.75, 3.05) is 33.7 Å². The van der Waals surface area contributed by atoms with Crippen LogP contribution in [0.25, 0.3) is 0 Å². The Balaban J connectivity index is 0.00000338. The van der Waals surface area contributed by atoms with Gasteiger partial charge in [-0.15, -0.1) is 24.0 Å². The molecule has 0 aliphatic carbocycles. The van der Waals surface area contributed by atoms with Crippen molar-refractivity contribution in [1.29, 1.82) is 0 Å². The lowest BCUT2D eigenvalue weighted by molar-refractivity contribution is 0.370. The van der Waals surface area contributed by atoms with Gasteiger partial charge in [-0.25, -0.2) is 17.7 Å². The fraction of sp³-hybridized carbons (Fsp3) is 0.611. The van der Waals surface area contributed by atoms with E-state index in [4.69, 9.17) is 4.99 Å². The van der Waals surface area contributed by atoms with E-state index in [0.717, 1.165) is 37.6 Å². The molecular formula is C18H31IN4O2S. The molecule has 1 heterocycles. The van der Waals surface area contributed by atoms with E-state index in [1.165, 1.54) is 18.4 Å². The summed E-state index contributed by atoms with van der Waals surface area (Å²) in [5, 5.41) is 3.36. The number of rotatable bonds is 5. The summed E-state index contributed by atoms with van der Waals surface area (Å²) in [6.45, 7) is 9.99. The maximum atomic E-state index is 12.1. The highest BCUT2D eigenvalue weighted by atomic mass is 127. The first-order chi connectivity index (χ1) is 11.7. The van der Waals surface area contributed by atoms with Crippen LogP contribution in [-0.2, 0) is 16.6 Å². The van der Waals surface area contributed by atoms with Gasteiger partial charge >= 0.3 is 0 Å². The molecule has 0 saturated carbocycles. The molecule has 2 rings (SSSR count). The Hall–Kier alpha value is -0.870. The zero-order valence-corrected chi connectivity index (χ0v) is 19.5. The number of likely N-dealkylation sites (tertiary alicyclic amines) is 1. The van der Waals surface area contributed by atoms with E-state index in [2.05, 4.69) is 31.0 Å². The average molecular weight is 494 g/mol. The summed E-state index contributed by atoms with van der Waals surface area (Å²) in [6.07, 6.45) is 1.16. The molecule has 0 radical (unpaired) electrons. The van der Waals surface area contributed by atoms with Crippen LogP contribution in [0, 0.1) is 5.41 Å². The first-order valence-electron chi connectivity index (χ1n) is 8.70. The SMILES string of the molecule is CCNC(=NCc1ccc(S(=O)(=O)N(C)C)cc1)N1CCC(C)(C)C1.I. The van der Waals surface area contributed by atoms with Gasteiger partial charge in [-0.05, 0) is 36.5 Å². The third kappa shape index (κ3) is 5.82. The van der Waals surface area contributed by atoms with Crippen LogP contribution in [0.4, 0.5) is 0 Å². The van der Waals surface area contributed by atoms with Crippen molar-refractivity contribution in [3.63, 3.8) is 0 Å². The predicted octanol–water partition coefficient (Wildman–Crippen LogP) is 2.75. The van der Waals surface area contributed by atoms with Gasteiger partial charge in [0.15, 0.2) is 5.96 Å². The van der Waals surface area contributed by atoms with E-state index >= 15 is 0 Å². The quantitative estimate of drug-likeness (QED) is 0.389. The number of aliphatic imine (C=N–C) groups is 1. The van der Waals surface area contributed by atoms with Crippen LogP contribution in [0.5, 0.6) is 0 Å². The fourth-order valence-electron chi connectivity index (χ4n) is 2.86. The molecule has 1 N–H and O–H groups in total. The highest BCUT2D eigenvalue weighted by Crippen LogP contribution is 2.28. The van der Waals surface area contributed by atoms with Gasteiger partial charge in [0.1, 0.15) is 0 Å². The average Bonchev–Trinajstić information content (AvgIpc) is 2.91. The first-order valence-corrected chi connectivity index (χ1v) is 10.1. The molecule has 1 aromatic rings. The summed E-state index contributed by atoms with van der Waals surface area (Å²) in [6, 6.07) is 6.95. The van der Waals surface area contributed by atoms with Crippen molar-refractivity contribution in [2.45, 2.75) is 38.6 Å². The topological polar surface area (TPSA) is 65.0 Å². The molecule has 0 amide bonds. The number of halogens is 1. The smallest absolute Gasteiger partial charge is 0.242 e. The van der Waals surface area contributed by atoms with Crippen LogP contribution in [-0.4, -0.2) is 57.3 Å². The number of guanidine groups is 1. The molecule has 0 bridgehead atoms. The van der Waals surface area contributed by atoms with Gasteiger partial charge in [0.25, 0.3) is 0 Å². The molecule has 26 heavy (non-hydrogen) atoms. The monoisotopic (exact) mass is 494 g/mol. The maximum absolute atomic E-state index is 12.1. The van der Waals surface area contributed by atoms with Gasteiger partial charge in [-0.2, -0.15) is 0 Å². The third-order valence-electron chi connectivity index (χ3n) is 4.43. The molecule has 148 valence electrons. The minimum absolute atomic E-state index is 0. The van der Waals surface area contributed by atoms with Crippen molar-refractivity contribution < 1.29 is 8.42 Å². The summed E-state index contributed by atoms with van der Waals surface area (Å²) in [5.41, 5.74) is 1.31. The molecule has 1 aliphatic rings. The van der Waals surface area contributed by atoms with E-state index in [9.17, 15) is 8.42 Å². The fourth-order valence-corrected chi connectivity index (χ4v) is 3.76. The Kier molecular flexibility index (Phi) is 8.34. The maximum Gasteiger partial charge on any atom is 0.242 e. The largest absolute Gasteiger partial charge is 0.357 e. The molecule has 6 nitrogen and oxygen atoms in total. The van der Waals surface area contributed by atoms with Crippen LogP contribution in [0.2, 0.25) is 0 Å². The summed E-state index contributed by atoms with van der Waals surface area (Å²) in [7, 11) is -0.312. The van der Waals surface area contributed by atoms with Gasteiger partial charge in [-0.3, -0.25) is 0 Å². The minimum Gasteiger partial charge on any atom is -0.357 e. The number of sulfonamides is 1. The second-order valence-electron chi connectivity index (χ2n) is 7.44. The lowest BCUT2D eigenvalue weighted by atomic mass is 9.93. The molecule has 0 unspecified atom stereocenters. The van der Waals surface area contributed by atoms with E-state index in [-0.39, 0.29) is 24.0 Å². The van der Waals surface area contributed by atoms with E-state index in [1.54, 1.807) is 12.1 Å². The van der Waals surface area contributed by atoms with Crippen molar-refractivity contribution in [2.24, 2.45) is 10.4 Å². The Morgan fingerprint density at radius 3 is 2.35 bits per heavy atom. The second kappa shape index (κ2) is 9.36. The molecule has 1 saturated heterocycles. The van der Waals surface area contributed by atoms with Crippen LogP contribution < -0.4 is 5.32 Å².